The molecule has 2 unspecified atom stereocenters. The molecular weight excluding hydrogens is 226 g/mol. The summed E-state index contributed by atoms with van der Waals surface area (Å²) >= 11 is 0. The zero-order valence-corrected chi connectivity index (χ0v) is 11.3. The molecule has 2 aliphatic heterocycles. The van der Waals surface area contributed by atoms with Crippen LogP contribution >= 0.6 is 0 Å². The largest absolute Gasteiger partial charge is 0.391 e. The molecule has 100 valence electrons. The van der Waals surface area contributed by atoms with Gasteiger partial charge in [-0.05, 0) is 39.7 Å². The van der Waals surface area contributed by atoms with E-state index in [4.69, 9.17) is 4.98 Å². The summed E-state index contributed by atoms with van der Waals surface area (Å²) in [5.74, 6) is 1.16. The highest BCUT2D eigenvalue weighted by atomic mass is 16.3. The Bertz CT molecular complexity index is 427. The predicted molar refractivity (Wildman–Crippen MR) is 70.4 cm³/mol. The van der Waals surface area contributed by atoms with Gasteiger partial charge in [0, 0.05) is 25.2 Å². The minimum Gasteiger partial charge on any atom is -0.391 e. The topological polar surface area (TPSA) is 41.3 Å². The molecule has 18 heavy (non-hydrogen) atoms. The van der Waals surface area contributed by atoms with E-state index >= 15 is 0 Å². The van der Waals surface area contributed by atoms with E-state index in [0.717, 1.165) is 25.2 Å². The van der Waals surface area contributed by atoms with Gasteiger partial charge in [-0.3, -0.25) is 4.90 Å². The summed E-state index contributed by atoms with van der Waals surface area (Å²) in [6.07, 6.45) is 6.24. The van der Waals surface area contributed by atoms with Crippen molar-refractivity contribution in [1.29, 1.82) is 0 Å². The minimum atomic E-state index is -0.190. The zero-order chi connectivity index (χ0) is 12.7. The third-order valence-electron chi connectivity index (χ3n) is 4.29. The van der Waals surface area contributed by atoms with Crippen molar-refractivity contribution in [1.82, 2.24) is 14.5 Å². The molecule has 3 heterocycles. The Balaban J connectivity index is 1.84. The lowest BCUT2D eigenvalue weighted by Gasteiger charge is -2.26. The van der Waals surface area contributed by atoms with Gasteiger partial charge in [0.15, 0.2) is 0 Å². The Morgan fingerprint density at radius 2 is 2.22 bits per heavy atom. The van der Waals surface area contributed by atoms with Gasteiger partial charge in [-0.15, -0.1) is 0 Å². The SMILES string of the molecule is CC(C)N1CCCC1c1cn2c(n1)CCC(O)C2. The van der Waals surface area contributed by atoms with Crippen molar-refractivity contribution >= 4 is 0 Å². The summed E-state index contributed by atoms with van der Waals surface area (Å²) in [7, 11) is 0. The number of aryl methyl sites for hydroxylation is 1. The summed E-state index contributed by atoms with van der Waals surface area (Å²) in [4.78, 5) is 7.36. The Kier molecular flexibility index (Phi) is 3.16. The molecule has 0 saturated carbocycles. The van der Waals surface area contributed by atoms with Crippen molar-refractivity contribution in [3.05, 3.63) is 17.7 Å². The second-order valence-electron chi connectivity index (χ2n) is 5.92. The van der Waals surface area contributed by atoms with Gasteiger partial charge < -0.3 is 9.67 Å². The van der Waals surface area contributed by atoms with E-state index in [0.29, 0.717) is 12.1 Å². The van der Waals surface area contributed by atoms with Crippen molar-refractivity contribution in [3.8, 4) is 0 Å². The average molecular weight is 249 g/mol. The van der Waals surface area contributed by atoms with E-state index in [9.17, 15) is 5.11 Å². The van der Waals surface area contributed by atoms with Crippen molar-refractivity contribution in [2.24, 2.45) is 0 Å². The van der Waals surface area contributed by atoms with Gasteiger partial charge in [-0.1, -0.05) is 0 Å². The van der Waals surface area contributed by atoms with Gasteiger partial charge in [0.05, 0.1) is 17.8 Å². The van der Waals surface area contributed by atoms with Gasteiger partial charge in [-0.2, -0.15) is 0 Å². The van der Waals surface area contributed by atoms with Crippen LogP contribution in [0.25, 0.3) is 0 Å². The van der Waals surface area contributed by atoms with Crippen LogP contribution in [0.4, 0.5) is 0 Å². The number of likely N-dealkylation sites (tertiary alicyclic amines) is 1. The summed E-state index contributed by atoms with van der Waals surface area (Å²) in [6.45, 7) is 6.43. The smallest absolute Gasteiger partial charge is 0.109 e. The Labute approximate surface area is 109 Å². The van der Waals surface area contributed by atoms with Crippen LogP contribution in [0.5, 0.6) is 0 Å². The third-order valence-corrected chi connectivity index (χ3v) is 4.29. The number of rotatable bonds is 2. The number of aliphatic hydroxyl groups is 1. The van der Waals surface area contributed by atoms with Gasteiger partial charge >= 0.3 is 0 Å². The molecule has 1 aromatic heterocycles. The van der Waals surface area contributed by atoms with E-state index in [1.165, 1.54) is 25.1 Å². The molecule has 0 aliphatic carbocycles. The van der Waals surface area contributed by atoms with E-state index in [-0.39, 0.29) is 6.10 Å². The molecule has 3 rings (SSSR count). The summed E-state index contributed by atoms with van der Waals surface area (Å²) < 4.78 is 2.15. The fourth-order valence-corrected chi connectivity index (χ4v) is 3.33. The Morgan fingerprint density at radius 3 is 3.00 bits per heavy atom. The van der Waals surface area contributed by atoms with Crippen LogP contribution in [0.15, 0.2) is 6.20 Å². The molecule has 0 bridgehead atoms. The average Bonchev–Trinajstić information content (AvgIpc) is 2.93. The van der Waals surface area contributed by atoms with Crippen LogP contribution in [0.1, 0.15) is 50.7 Å². The fraction of sp³-hybridized carbons (Fsp3) is 0.786. The normalized spacial score (nSPS) is 28.9. The van der Waals surface area contributed by atoms with Crippen LogP contribution < -0.4 is 0 Å². The van der Waals surface area contributed by atoms with Gasteiger partial charge in [0.25, 0.3) is 0 Å². The van der Waals surface area contributed by atoms with Gasteiger partial charge in [0.1, 0.15) is 5.82 Å². The van der Waals surface area contributed by atoms with Crippen molar-refractivity contribution in [2.75, 3.05) is 6.54 Å². The minimum absolute atomic E-state index is 0.190. The van der Waals surface area contributed by atoms with Crippen LogP contribution in [-0.4, -0.2) is 38.2 Å². The lowest BCUT2D eigenvalue weighted by Crippen LogP contribution is -2.30. The first kappa shape index (κ1) is 12.2. The van der Waals surface area contributed by atoms with E-state index in [1.807, 2.05) is 0 Å². The molecule has 2 atom stereocenters. The highest BCUT2D eigenvalue weighted by Crippen LogP contribution is 2.33. The fourth-order valence-electron chi connectivity index (χ4n) is 3.33. The van der Waals surface area contributed by atoms with Gasteiger partial charge in [0.2, 0.25) is 0 Å². The first-order valence-electron chi connectivity index (χ1n) is 7.15. The van der Waals surface area contributed by atoms with Crippen LogP contribution in [0, 0.1) is 0 Å². The third kappa shape index (κ3) is 2.08. The summed E-state index contributed by atoms with van der Waals surface area (Å²) in [6, 6.07) is 1.07. The number of aliphatic hydroxyl groups excluding tert-OH is 1. The second kappa shape index (κ2) is 4.67. The van der Waals surface area contributed by atoms with Crippen LogP contribution in [0.2, 0.25) is 0 Å². The molecular formula is C14H23N3O. The maximum Gasteiger partial charge on any atom is 0.109 e. The van der Waals surface area contributed by atoms with Crippen LogP contribution in [-0.2, 0) is 13.0 Å². The lowest BCUT2D eigenvalue weighted by atomic mass is 10.1. The highest BCUT2D eigenvalue weighted by Gasteiger charge is 2.31. The molecule has 0 aromatic carbocycles. The van der Waals surface area contributed by atoms with Crippen molar-refractivity contribution in [2.45, 2.75) is 64.3 Å². The lowest BCUT2D eigenvalue weighted by molar-refractivity contribution is 0.130. The number of aromatic nitrogens is 2. The van der Waals surface area contributed by atoms with Crippen LogP contribution in [0.3, 0.4) is 0 Å². The number of imidazole rings is 1. The van der Waals surface area contributed by atoms with E-state index < -0.39 is 0 Å². The van der Waals surface area contributed by atoms with Gasteiger partial charge in [-0.25, -0.2) is 4.98 Å². The first-order valence-corrected chi connectivity index (χ1v) is 7.15. The molecule has 1 aromatic rings. The summed E-state index contributed by atoms with van der Waals surface area (Å²) in [5.41, 5.74) is 1.21. The second-order valence-corrected chi connectivity index (χ2v) is 5.92. The molecule has 0 amide bonds. The van der Waals surface area contributed by atoms with E-state index in [2.05, 4.69) is 29.5 Å². The molecule has 1 N–H and O–H groups in total. The summed E-state index contributed by atoms with van der Waals surface area (Å²) in [5, 5.41) is 9.71. The molecule has 0 radical (unpaired) electrons. The molecule has 4 nitrogen and oxygen atoms in total. The quantitative estimate of drug-likeness (QED) is 0.868. The number of hydrogen-bond acceptors (Lipinski definition) is 3. The molecule has 1 fully saturated rings. The monoisotopic (exact) mass is 249 g/mol. The molecule has 0 spiro atoms. The molecule has 4 heteroatoms. The number of nitrogens with zero attached hydrogens (tertiary/aromatic N) is 3. The highest BCUT2D eigenvalue weighted by molar-refractivity contribution is 5.13. The molecule has 1 saturated heterocycles. The molecule has 2 aliphatic rings. The van der Waals surface area contributed by atoms with Crippen molar-refractivity contribution < 1.29 is 5.11 Å². The Hall–Kier alpha value is -0.870. The van der Waals surface area contributed by atoms with E-state index in [1.54, 1.807) is 0 Å². The van der Waals surface area contributed by atoms with Crippen molar-refractivity contribution in [3.63, 3.8) is 0 Å². The number of hydrogen-bond donors (Lipinski definition) is 1. The number of fused-ring (bicyclic) bond motifs is 1. The zero-order valence-electron chi connectivity index (χ0n) is 11.3. The predicted octanol–water partition coefficient (Wildman–Crippen LogP) is 1.74. The maximum absolute atomic E-state index is 9.71. The maximum atomic E-state index is 9.71. The first-order chi connectivity index (χ1) is 8.65. The standard InChI is InChI=1S/C14H23N3O/c1-10(2)17-7-3-4-13(17)12-9-16-8-11(18)5-6-14(16)15-12/h9-11,13,18H,3-8H2,1-2H3. The Morgan fingerprint density at radius 1 is 1.39 bits per heavy atom.